The SMILES string of the molecule is Cc1cc(C(=O)N2Cc3c(c(=O)n(-c4ccc(-c5nn(C)c(=O)[nH]5)cc4)c4c(CC(C)C)cnn34)CC2C)ccc1Br. The van der Waals surface area contributed by atoms with E-state index in [-0.39, 0.29) is 29.7 Å². The molecule has 0 saturated carbocycles. The lowest BCUT2D eigenvalue weighted by atomic mass is 9.97. The van der Waals surface area contributed by atoms with Crippen LogP contribution in [0.1, 0.15) is 53.5 Å². The largest absolute Gasteiger partial charge is 0.343 e. The summed E-state index contributed by atoms with van der Waals surface area (Å²) in [5.74, 6) is 0.736. The van der Waals surface area contributed by atoms with Gasteiger partial charge in [-0.1, -0.05) is 29.8 Å². The second kappa shape index (κ2) is 10.5. The van der Waals surface area contributed by atoms with Crippen molar-refractivity contribution >= 4 is 27.5 Å². The smallest absolute Gasteiger partial charge is 0.330 e. The number of carbonyl (C=O) groups excluding carboxylic acids is 1. The zero-order chi connectivity index (χ0) is 29.9. The van der Waals surface area contributed by atoms with E-state index in [4.69, 9.17) is 5.10 Å². The minimum Gasteiger partial charge on any atom is -0.330 e. The summed E-state index contributed by atoms with van der Waals surface area (Å²) in [7, 11) is 1.59. The molecule has 0 aliphatic carbocycles. The topological polar surface area (TPSA) is 110 Å². The summed E-state index contributed by atoms with van der Waals surface area (Å²) in [5, 5.41) is 9.01. The molecular weight excluding hydrogens is 598 g/mol. The van der Waals surface area contributed by atoms with Gasteiger partial charge in [-0.05, 0) is 80.6 Å². The highest BCUT2D eigenvalue weighted by Crippen LogP contribution is 2.28. The van der Waals surface area contributed by atoms with Crippen LogP contribution in [0.5, 0.6) is 0 Å². The first-order chi connectivity index (χ1) is 20.0. The molecule has 5 aromatic rings. The first-order valence-electron chi connectivity index (χ1n) is 14.0. The molecule has 0 fully saturated rings. The fourth-order valence-corrected chi connectivity index (χ4v) is 5.97. The zero-order valence-electron chi connectivity index (χ0n) is 24.2. The molecule has 1 aliphatic heterocycles. The lowest BCUT2D eigenvalue weighted by Crippen LogP contribution is -2.46. The quantitative estimate of drug-likeness (QED) is 0.309. The van der Waals surface area contributed by atoms with E-state index in [2.05, 4.69) is 39.9 Å². The number of amides is 1. The Morgan fingerprint density at radius 2 is 1.88 bits per heavy atom. The molecule has 10 nitrogen and oxygen atoms in total. The van der Waals surface area contributed by atoms with Gasteiger partial charge in [-0.25, -0.2) is 14.0 Å². The van der Waals surface area contributed by atoms with E-state index in [0.29, 0.717) is 40.6 Å². The summed E-state index contributed by atoms with van der Waals surface area (Å²) < 4.78 is 5.78. The van der Waals surface area contributed by atoms with Gasteiger partial charge in [-0.2, -0.15) is 10.2 Å². The van der Waals surface area contributed by atoms with Crippen LogP contribution in [0.3, 0.4) is 0 Å². The van der Waals surface area contributed by atoms with Crippen molar-refractivity contribution in [3.63, 3.8) is 0 Å². The molecule has 0 saturated heterocycles. The van der Waals surface area contributed by atoms with Gasteiger partial charge in [0.2, 0.25) is 0 Å². The van der Waals surface area contributed by atoms with Gasteiger partial charge in [-0.3, -0.25) is 19.1 Å². The van der Waals surface area contributed by atoms with Gasteiger partial charge in [0.25, 0.3) is 11.5 Å². The van der Waals surface area contributed by atoms with Crippen molar-refractivity contribution in [2.45, 2.75) is 53.1 Å². The van der Waals surface area contributed by atoms with Gasteiger partial charge in [0.15, 0.2) is 5.82 Å². The molecule has 42 heavy (non-hydrogen) atoms. The van der Waals surface area contributed by atoms with E-state index in [1.807, 2.05) is 71.9 Å². The molecule has 3 aromatic heterocycles. The van der Waals surface area contributed by atoms with E-state index in [9.17, 15) is 14.4 Å². The second-order valence-electron chi connectivity index (χ2n) is 11.5. The van der Waals surface area contributed by atoms with Crippen molar-refractivity contribution < 1.29 is 4.79 Å². The number of hydrogen-bond acceptors (Lipinski definition) is 5. The lowest BCUT2D eigenvalue weighted by molar-refractivity contribution is 0.0651. The summed E-state index contributed by atoms with van der Waals surface area (Å²) in [4.78, 5) is 44.4. The number of nitrogens with zero attached hydrogens (tertiary/aromatic N) is 6. The number of halogens is 1. The van der Waals surface area contributed by atoms with Crippen LogP contribution in [0.2, 0.25) is 0 Å². The standard InChI is InChI=1S/C31H32BrN7O3/c1-17(2)12-22-15-33-39-26-16-37(29(40)21-8-11-25(32)18(3)13-21)19(4)14-24(26)30(41)38(28(22)39)23-9-6-20(7-10-23)27-34-31(42)36(5)35-27/h6-11,13,15,17,19H,12,14,16H2,1-5H3,(H,34,35,42). The summed E-state index contributed by atoms with van der Waals surface area (Å²) in [6.45, 7) is 8.50. The van der Waals surface area contributed by atoms with Gasteiger partial charge in [0.05, 0.1) is 24.1 Å². The van der Waals surface area contributed by atoms with Crippen LogP contribution in [0.15, 0.2) is 62.7 Å². The minimum absolute atomic E-state index is 0.0706. The highest BCUT2D eigenvalue weighted by Gasteiger charge is 2.33. The fraction of sp³-hybridized carbons (Fsp3) is 0.323. The van der Waals surface area contributed by atoms with E-state index in [0.717, 1.165) is 33.3 Å². The zero-order valence-corrected chi connectivity index (χ0v) is 25.8. The molecule has 1 N–H and O–H groups in total. The average Bonchev–Trinajstić information content (AvgIpc) is 3.52. The first-order valence-corrected chi connectivity index (χ1v) is 14.8. The maximum absolute atomic E-state index is 14.3. The number of benzene rings is 2. The van der Waals surface area contributed by atoms with Crippen LogP contribution in [-0.4, -0.2) is 45.8 Å². The summed E-state index contributed by atoms with van der Waals surface area (Å²) in [6, 6.07) is 12.8. The molecule has 0 spiro atoms. The summed E-state index contributed by atoms with van der Waals surface area (Å²) in [6.07, 6.45) is 2.99. The molecule has 216 valence electrons. The van der Waals surface area contributed by atoms with Gasteiger partial charge < -0.3 is 4.90 Å². The number of hydrogen-bond donors (Lipinski definition) is 1. The molecular formula is C31H32BrN7O3. The van der Waals surface area contributed by atoms with E-state index >= 15 is 0 Å². The van der Waals surface area contributed by atoms with Crippen LogP contribution in [-0.2, 0) is 26.4 Å². The van der Waals surface area contributed by atoms with Crippen molar-refractivity contribution in [3.05, 3.63) is 102 Å². The highest BCUT2D eigenvalue weighted by molar-refractivity contribution is 9.10. The molecule has 1 aliphatic rings. The number of rotatable bonds is 5. The van der Waals surface area contributed by atoms with Gasteiger partial charge in [-0.15, -0.1) is 0 Å². The Morgan fingerprint density at radius 1 is 1.14 bits per heavy atom. The van der Waals surface area contributed by atoms with Gasteiger partial charge in [0, 0.05) is 39.8 Å². The monoisotopic (exact) mass is 629 g/mol. The third kappa shape index (κ3) is 4.71. The number of fused-ring (bicyclic) bond motifs is 3. The molecule has 2 aromatic carbocycles. The molecule has 0 radical (unpaired) electrons. The number of aromatic nitrogens is 6. The Kier molecular flexibility index (Phi) is 7.00. The predicted molar refractivity (Wildman–Crippen MR) is 164 cm³/mol. The molecule has 1 atom stereocenters. The predicted octanol–water partition coefficient (Wildman–Crippen LogP) is 4.43. The van der Waals surface area contributed by atoms with Crippen molar-refractivity contribution in [1.82, 2.24) is 33.8 Å². The van der Waals surface area contributed by atoms with Crippen LogP contribution >= 0.6 is 15.9 Å². The Bertz CT molecular complexity index is 1960. The van der Waals surface area contributed by atoms with Crippen molar-refractivity contribution in [1.29, 1.82) is 0 Å². The maximum Gasteiger partial charge on any atom is 0.343 e. The van der Waals surface area contributed by atoms with Crippen LogP contribution in [0, 0.1) is 12.8 Å². The van der Waals surface area contributed by atoms with Crippen molar-refractivity contribution in [3.8, 4) is 17.1 Å². The lowest BCUT2D eigenvalue weighted by Gasteiger charge is -2.35. The van der Waals surface area contributed by atoms with Crippen LogP contribution < -0.4 is 11.2 Å². The molecule has 0 bridgehead atoms. The van der Waals surface area contributed by atoms with E-state index in [1.54, 1.807) is 11.6 Å². The van der Waals surface area contributed by atoms with E-state index < -0.39 is 0 Å². The molecule has 6 rings (SSSR count). The number of nitrogens with one attached hydrogen (secondary N) is 1. The normalized spacial score (nSPS) is 15.0. The summed E-state index contributed by atoms with van der Waals surface area (Å²) in [5.41, 5.74) is 5.69. The Hall–Kier alpha value is -4.25. The summed E-state index contributed by atoms with van der Waals surface area (Å²) >= 11 is 3.52. The average molecular weight is 631 g/mol. The Morgan fingerprint density at radius 3 is 2.52 bits per heavy atom. The fourth-order valence-electron chi connectivity index (χ4n) is 5.72. The molecule has 11 heteroatoms. The van der Waals surface area contributed by atoms with E-state index in [1.165, 1.54) is 4.68 Å². The van der Waals surface area contributed by atoms with Gasteiger partial charge in [0.1, 0.15) is 5.65 Å². The minimum atomic E-state index is -0.295. The number of carbonyl (C=O) groups is 1. The Labute approximate surface area is 250 Å². The van der Waals surface area contributed by atoms with Crippen LogP contribution in [0.4, 0.5) is 0 Å². The molecule has 1 unspecified atom stereocenters. The third-order valence-corrected chi connectivity index (χ3v) is 8.80. The number of H-pyrrole nitrogens is 1. The van der Waals surface area contributed by atoms with Crippen molar-refractivity contribution in [2.75, 3.05) is 0 Å². The number of aryl methyl sites for hydroxylation is 2. The van der Waals surface area contributed by atoms with Crippen molar-refractivity contribution in [2.24, 2.45) is 13.0 Å². The maximum atomic E-state index is 14.3. The Balaban J connectivity index is 1.48. The van der Waals surface area contributed by atoms with Crippen LogP contribution in [0.25, 0.3) is 22.7 Å². The third-order valence-electron chi connectivity index (χ3n) is 7.91. The first kappa shape index (κ1) is 27.9. The molecule has 1 amide bonds. The number of aromatic amines is 1. The molecule has 4 heterocycles. The highest BCUT2D eigenvalue weighted by atomic mass is 79.9. The second-order valence-corrected chi connectivity index (χ2v) is 12.3. The van der Waals surface area contributed by atoms with Gasteiger partial charge >= 0.3 is 5.69 Å².